The van der Waals surface area contributed by atoms with E-state index in [-0.39, 0.29) is 5.91 Å². The number of hydrogen-bond donors (Lipinski definition) is 1. The maximum atomic E-state index is 10.9. The average molecular weight is 170 g/mol. The molecule has 1 N–H and O–H groups in total. The van der Waals surface area contributed by atoms with Gasteiger partial charge in [0.05, 0.1) is 5.69 Å². The standard InChI is InChI=1S/C7H10N2OS/c1-3-6(10)8-7-4-5(2)9-11-7/h4H,3H2,1-2H3,(H,8,10). The summed E-state index contributed by atoms with van der Waals surface area (Å²) in [5, 5.41) is 3.56. The summed E-state index contributed by atoms with van der Waals surface area (Å²) in [4.78, 5) is 10.9. The quantitative estimate of drug-likeness (QED) is 0.735. The van der Waals surface area contributed by atoms with Crippen molar-refractivity contribution < 1.29 is 4.79 Å². The molecular weight excluding hydrogens is 160 g/mol. The fourth-order valence-corrected chi connectivity index (χ4v) is 1.33. The van der Waals surface area contributed by atoms with E-state index in [0.717, 1.165) is 10.7 Å². The number of nitrogens with zero attached hydrogens (tertiary/aromatic N) is 1. The second kappa shape index (κ2) is 3.48. The SMILES string of the molecule is CCC(=O)Nc1cc(C)ns1. The second-order valence-electron chi connectivity index (χ2n) is 2.23. The van der Waals surface area contributed by atoms with Gasteiger partial charge in [-0.2, -0.15) is 4.37 Å². The van der Waals surface area contributed by atoms with Gasteiger partial charge in [0.1, 0.15) is 5.00 Å². The van der Waals surface area contributed by atoms with E-state index in [2.05, 4.69) is 9.69 Å². The number of carbonyl (C=O) groups is 1. The van der Waals surface area contributed by atoms with Crippen molar-refractivity contribution in [2.75, 3.05) is 5.32 Å². The van der Waals surface area contributed by atoms with Gasteiger partial charge in [0.25, 0.3) is 0 Å². The van der Waals surface area contributed by atoms with E-state index >= 15 is 0 Å². The van der Waals surface area contributed by atoms with Gasteiger partial charge in [0.2, 0.25) is 5.91 Å². The van der Waals surface area contributed by atoms with E-state index in [1.54, 1.807) is 0 Å². The third-order valence-corrected chi connectivity index (χ3v) is 2.01. The Morgan fingerprint density at radius 1 is 1.82 bits per heavy atom. The molecule has 1 heterocycles. The van der Waals surface area contributed by atoms with Crippen LogP contribution in [0.3, 0.4) is 0 Å². The molecule has 11 heavy (non-hydrogen) atoms. The smallest absolute Gasteiger partial charge is 0.224 e. The molecule has 1 rings (SSSR count). The normalized spacial score (nSPS) is 9.64. The molecule has 0 radical (unpaired) electrons. The van der Waals surface area contributed by atoms with Crippen LogP contribution in [0, 0.1) is 6.92 Å². The summed E-state index contributed by atoms with van der Waals surface area (Å²) in [5.74, 6) is 0.0358. The van der Waals surface area contributed by atoms with Crippen LogP contribution < -0.4 is 5.32 Å². The van der Waals surface area contributed by atoms with Gasteiger partial charge in [-0.05, 0) is 24.5 Å². The van der Waals surface area contributed by atoms with Gasteiger partial charge in [-0.15, -0.1) is 0 Å². The van der Waals surface area contributed by atoms with Crippen LogP contribution in [0.4, 0.5) is 5.00 Å². The molecule has 0 aliphatic rings. The molecule has 1 aromatic heterocycles. The zero-order chi connectivity index (χ0) is 8.27. The van der Waals surface area contributed by atoms with Crippen molar-refractivity contribution >= 4 is 22.4 Å². The summed E-state index contributed by atoms with van der Waals surface area (Å²) in [5.41, 5.74) is 0.946. The van der Waals surface area contributed by atoms with Crippen molar-refractivity contribution in [1.82, 2.24) is 4.37 Å². The maximum Gasteiger partial charge on any atom is 0.224 e. The van der Waals surface area contributed by atoms with Gasteiger partial charge in [0, 0.05) is 6.42 Å². The second-order valence-corrected chi connectivity index (χ2v) is 3.04. The Balaban J connectivity index is 2.57. The first kappa shape index (κ1) is 8.20. The Hall–Kier alpha value is -0.900. The average Bonchev–Trinajstić information content (AvgIpc) is 2.35. The van der Waals surface area contributed by atoms with E-state index in [9.17, 15) is 4.79 Å². The number of nitrogens with one attached hydrogen (secondary N) is 1. The lowest BCUT2D eigenvalue weighted by Crippen LogP contribution is -2.07. The molecule has 0 aliphatic carbocycles. The zero-order valence-electron chi connectivity index (χ0n) is 6.55. The van der Waals surface area contributed by atoms with E-state index in [1.165, 1.54) is 11.5 Å². The summed E-state index contributed by atoms with van der Waals surface area (Å²) in [6, 6.07) is 1.86. The minimum Gasteiger partial charge on any atom is -0.316 e. The summed E-state index contributed by atoms with van der Waals surface area (Å²) in [7, 11) is 0. The van der Waals surface area contributed by atoms with Gasteiger partial charge in [-0.25, -0.2) is 0 Å². The number of anilines is 1. The molecule has 0 saturated heterocycles. The van der Waals surface area contributed by atoms with Crippen molar-refractivity contribution in [2.45, 2.75) is 20.3 Å². The van der Waals surface area contributed by atoms with Gasteiger partial charge in [-0.1, -0.05) is 6.92 Å². The van der Waals surface area contributed by atoms with Crippen molar-refractivity contribution in [2.24, 2.45) is 0 Å². The molecule has 0 saturated carbocycles. The van der Waals surface area contributed by atoms with Crippen molar-refractivity contribution in [3.8, 4) is 0 Å². The molecular formula is C7H10N2OS. The van der Waals surface area contributed by atoms with E-state index in [0.29, 0.717) is 6.42 Å². The predicted molar refractivity (Wildman–Crippen MR) is 45.8 cm³/mol. The minimum atomic E-state index is 0.0358. The van der Waals surface area contributed by atoms with Crippen LogP contribution in [0.15, 0.2) is 6.07 Å². The first-order chi connectivity index (χ1) is 5.22. The van der Waals surface area contributed by atoms with Crippen LogP contribution in [0.1, 0.15) is 19.0 Å². The zero-order valence-corrected chi connectivity index (χ0v) is 7.36. The van der Waals surface area contributed by atoms with Crippen LogP contribution in [-0.2, 0) is 4.79 Å². The fraction of sp³-hybridized carbons (Fsp3) is 0.429. The lowest BCUT2D eigenvalue weighted by atomic mass is 10.4. The lowest BCUT2D eigenvalue weighted by molar-refractivity contribution is -0.115. The molecule has 0 fully saturated rings. The maximum absolute atomic E-state index is 10.9. The van der Waals surface area contributed by atoms with Crippen LogP contribution in [0.25, 0.3) is 0 Å². The number of aromatic nitrogens is 1. The molecule has 4 heteroatoms. The predicted octanol–water partition coefficient (Wildman–Crippen LogP) is 1.80. The van der Waals surface area contributed by atoms with E-state index in [4.69, 9.17) is 0 Å². The Bertz CT molecular complexity index is 257. The first-order valence-corrected chi connectivity index (χ1v) is 4.23. The van der Waals surface area contributed by atoms with Crippen molar-refractivity contribution in [3.05, 3.63) is 11.8 Å². The molecule has 0 atom stereocenters. The van der Waals surface area contributed by atoms with Crippen LogP contribution >= 0.6 is 11.5 Å². The summed E-state index contributed by atoms with van der Waals surface area (Å²) < 4.78 is 4.03. The number of amides is 1. The highest BCUT2D eigenvalue weighted by molar-refractivity contribution is 7.10. The molecule has 60 valence electrons. The summed E-state index contributed by atoms with van der Waals surface area (Å²) in [6.07, 6.45) is 0.511. The highest BCUT2D eigenvalue weighted by atomic mass is 32.1. The largest absolute Gasteiger partial charge is 0.316 e. The number of aryl methyl sites for hydroxylation is 1. The van der Waals surface area contributed by atoms with E-state index in [1.807, 2.05) is 19.9 Å². The molecule has 0 bridgehead atoms. The van der Waals surface area contributed by atoms with Gasteiger partial charge < -0.3 is 5.32 Å². The minimum absolute atomic E-state index is 0.0358. The van der Waals surface area contributed by atoms with Gasteiger partial charge >= 0.3 is 0 Å². The topological polar surface area (TPSA) is 42.0 Å². The molecule has 1 amide bonds. The number of hydrogen-bond acceptors (Lipinski definition) is 3. The summed E-state index contributed by atoms with van der Waals surface area (Å²) in [6.45, 7) is 3.72. The fourth-order valence-electron chi connectivity index (χ4n) is 0.648. The third kappa shape index (κ3) is 2.31. The highest BCUT2D eigenvalue weighted by Crippen LogP contribution is 2.15. The molecule has 0 spiro atoms. The van der Waals surface area contributed by atoms with E-state index < -0.39 is 0 Å². The van der Waals surface area contributed by atoms with Gasteiger partial charge in [0.15, 0.2) is 0 Å². The summed E-state index contributed by atoms with van der Waals surface area (Å²) >= 11 is 1.31. The highest BCUT2D eigenvalue weighted by Gasteiger charge is 2.00. The molecule has 1 aromatic rings. The monoisotopic (exact) mass is 170 g/mol. The molecule has 0 unspecified atom stereocenters. The first-order valence-electron chi connectivity index (χ1n) is 3.45. The Morgan fingerprint density at radius 3 is 3.00 bits per heavy atom. The third-order valence-electron chi connectivity index (χ3n) is 1.21. The molecule has 3 nitrogen and oxygen atoms in total. The van der Waals surface area contributed by atoms with Crippen LogP contribution in [0.5, 0.6) is 0 Å². The van der Waals surface area contributed by atoms with Crippen LogP contribution in [0.2, 0.25) is 0 Å². The Morgan fingerprint density at radius 2 is 2.55 bits per heavy atom. The van der Waals surface area contributed by atoms with Crippen molar-refractivity contribution in [3.63, 3.8) is 0 Å². The van der Waals surface area contributed by atoms with Gasteiger partial charge in [-0.3, -0.25) is 4.79 Å². The lowest BCUT2D eigenvalue weighted by Gasteiger charge is -1.95. The molecule has 0 aliphatic heterocycles. The Kier molecular flexibility index (Phi) is 2.59. The molecule has 0 aromatic carbocycles. The Labute approximate surface area is 69.6 Å². The van der Waals surface area contributed by atoms with Crippen molar-refractivity contribution in [1.29, 1.82) is 0 Å². The number of rotatable bonds is 2. The van der Waals surface area contributed by atoms with Crippen LogP contribution in [-0.4, -0.2) is 10.3 Å². The number of carbonyl (C=O) groups excluding carboxylic acids is 1.